The van der Waals surface area contributed by atoms with Gasteiger partial charge >= 0.3 is 6.03 Å². The smallest absolute Gasteiger partial charge is 0.323 e. The maximum Gasteiger partial charge on any atom is 0.325 e. The lowest BCUT2D eigenvalue weighted by Gasteiger charge is -2.08. The fraction of sp³-hybridized carbons (Fsp3) is 0.500. The summed E-state index contributed by atoms with van der Waals surface area (Å²) in [4.78, 5) is 23.9. The second-order valence-corrected chi connectivity index (χ2v) is 3.22. The predicted molar refractivity (Wildman–Crippen MR) is 42.4 cm³/mol. The first-order chi connectivity index (χ1) is 5.69. The number of urea groups is 1. The molecule has 0 unspecified atom stereocenters. The normalized spacial score (nSPS) is 24.5. The van der Waals surface area contributed by atoms with Crippen molar-refractivity contribution in [3.05, 3.63) is 12.7 Å². The number of rotatable bonds is 2. The number of hydrogen-bond donors (Lipinski definition) is 1. The van der Waals surface area contributed by atoms with Gasteiger partial charge in [-0.25, -0.2) is 4.79 Å². The maximum absolute atomic E-state index is 11.5. The Morgan fingerprint density at radius 1 is 1.58 bits per heavy atom. The van der Waals surface area contributed by atoms with Gasteiger partial charge < -0.3 is 5.32 Å². The minimum atomic E-state index is -0.514. The fourth-order valence-electron chi connectivity index (χ4n) is 1.43. The molecule has 2 fully saturated rings. The molecule has 4 heteroatoms. The van der Waals surface area contributed by atoms with E-state index in [1.54, 1.807) is 6.08 Å². The van der Waals surface area contributed by atoms with Crippen LogP contribution in [0.2, 0.25) is 0 Å². The van der Waals surface area contributed by atoms with Crippen molar-refractivity contribution in [2.75, 3.05) is 6.54 Å². The second-order valence-electron chi connectivity index (χ2n) is 3.22. The van der Waals surface area contributed by atoms with Crippen LogP contribution >= 0.6 is 0 Å². The molecule has 1 saturated carbocycles. The summed E-state index contributed by atoms with van der Waals surface area (Å²) < 4.78 is 0. The monoisotopic (exact) mass is 166 g/mol. The van der Waals surface area contributed by atoms with Gasteiger partial charge in [-0.05, 0) is 12.8 Å². The van der Waals surface area contributed by atoms with Crippen molar-refractivity contribution in [2.24, 2.45) is 0 Å². The molecule has 1 aliphatic heterocycles. The molecule has 0 radical (unpaired) electrons. The lowest BCUT2D eigenvalue weighted by Crippen LogP contribution is -2.32. The van der Waals surface area contributed by atoms with Crippen molar-refractivity contribution >= 4 is 11.9 Å². The van der Waals surface area contributed by atoms with E-state index < -0.39 is 5.54 Å². The zero-order valence-corrected chi connectivity index (χ0v) is 6.67. The molecule has 1 saturated heterocycles. The molecule has 1 heterocycles. The third-order valence-corrected chi connectivity index (χ3v) is 2.31. The Morgan fingerprint density at radius 2 is 2.25 bits per heavy atom. The highest BCUT2D eigenvalue weighted by Crippen LogP contribution is 2.40. The van der Waals surface area contributed by atoms with Crippen LogP contribution in [0.15, 0.2) is 12.7 Å². The van der Waals surface area contributed by atoms with Crippen LogP contribution in [-0.2, 0) is 4.79 Å². The van der Waals surface area contributed by atoms with Gasteiger partial charge in [0.05, 0.1) is 0 Å². The highest BCUT2D eigenvalue weighted by atomic mass is 16.2. The quantitative estimate of drug-likeness (QED) is 0.472. The van der Waals surface area contributed by atoms with Crippen molar-refractivity contribution < 1.29 is 9.59 Å². The Balaban J connectivity index is 2.19. The van der Waals surface area contributed by atoms with Gasteiger partial charge in [-0.1, -0.05) is 6.08 Å². The van der Waals surface area contributed by atoms with E-state index in [1.165, 1.54) is 4.90 Å². The molecule has 2 aliphatic rings. The number of nitrogens with one attached hydrogen (secondary N) is 1. The van der Waals surface area contributed by atoms with Crippen LogP contribution in [0.5, 0.6) is 0 Å². The van der Waals surface area contributed by atoms with Crippen LogP contribution in [0.1, 0.15) is 12.8 Å². The molecule has 2 rings (SSSR count). The Bertz CT molecular complexity index is 268. The Hall–Kier alpha value is -1.32. The zero-order valence-electron chi connectivity index (χ0n) is 6.67. The largest absolute Gasteiger partial charge is 0.325 e. The van der Waals surface area contributed by atoms with Crippen molar-refractivity contribution in [1.29, 1.82) is 0 Å². The SMILES string of the molecule is C=CCN1C(=O)NC2(CC2)C1=O. The van der Waals surface area contributed by atoms with E-state index in [1.807, 2.05) is 0 Å². The van der Waals surface area contributed by atoms with Gasteiger partial charge in [0.2, 0.25) is 0 Å². The number of imide groups is 1. The summed E-state index contributed by atoms with van der Waals surface area (Å²) in [5, 5.41) is 2.68. The lowest BCUT2D eigenvalue weighted by atomic mass is 10.3. The van der Waals surface area contributed by atoms with Crippen LogP contribution in [0.25, 0.3) is 0 Å². The highest BCUT2D eigenvalue weighted by Gasteiger charge is 2.59. The lowest BCUT2D eigenvalue weighted by molar-refractivity contribution is -0.127. The molecule has 0 aromatic rings. The van der Waals surface area contributed by atoms with Gasteiger partial charge in [0.15, 0.2) is 0 Å². The Morgan fingerprint density at radius 3 is 2.67 bits per heavy atom. The summed E-state index contributed by atoms with van der Waals surface area (Å²) in [7, 11) is 0. The van der Waals surface area contributed by atoms with E-state index in [0.717, 1.165) is 12.8 Å². The first-order valence-corrected chi connectivity index (χ1v) is 3.95. The van der Waals surface area contributed by atoms with Crippen LogP contribution in [0.3, 0.4) is 0 Å². The van der Waals surface area contributed by atoms with E-state index in [2.05, 4.69) is 11.9 Å². The molecule has 64 valence electrons. The summed E-state index contributed by atoms with van der Waals surface area (Å²) in [6, 6.07) is -0.280. The molecule has 0 aromatic heterocycles. The third-order valence-electron chi connectivity index (χ3n) is 2.31. The van der Waals surface area contributed by atoms with Crippen molar-refractivity contribution in [2.45, 2.75) is 18.4 Å². The van der Waals surface area contributed by atoms with Gasteiger partial charge in [0.25, 0.3) is 5.91 Å². The number of nitrogens with zero attached hydrogens (tertiary/aromatic N) is 1. The third kappa shape index (κ3) is 0.776. The van der Waals surface area contributed by atoms with Gasteiger partial charge in [-0.3, -0.25) is 9.69 Å². The molecule has 1 N–H and O–H groups in total. The second kappa shape index (κ2) is 2.09. The van der Waals surface area contributed by atoms with E-state index in [-0.39, 0.29) is 11.9 Å². The number of carbonyl (C=O) groups excluding carboxylic acids is 2. The molecule has 0 aromatic carbocycles. The summed E-state index contributed by atoms with van der Waals surface area (Å²) >= 11 is 0. The molecular formula is C8H10N2O2. The average molecular weight is 166 g/mol. The summed E-state index contributed by atoms with van der Waals surface area (Å²) in [5.74, 6) is -0.0904. The molecular weight excluding hydrogens is 156 g/mol. The fourth-order valence-corrected chi connectivity index (χ4v) is 1.43. The first kappa shape index (κ1) is 7.34. The molecule has 0 bridgehead atoms. The summed E-state index contributed by atoms with van der Waals surface area (Å²) in [5.41, 5.74) is -0.514. The van der Waals surface area contributed by atoms with E-state index in [0.29, 0.717) is 6.54 Å². The van der Waals surface area contributed by atoms with E-state index in [4.69, 9.17) is 0 Å². The predicted octanol–water partition coefficient (Wildman–Crippen LogP) is 0.257. The Labute approximate surface area is 70.2 Å². The highest BCUT2D eigenvalue weighted by molar-refractivity contribution is 6.08. The average Bonchev–Trinajstić information content (AvgIpc) is 2.75. The standard InChI is InChI=1S/C8H10N2O2/c1-2-5-10-6(11)8(3-4-8)9-7(10)12/h2H,1,3-5H2,(H,9,12). The number of carbonyl (C=O) groups is 2. The summed E-state index contributed by atoms with van der Waals surface area (Å²) in [6.07, 6.45) is 3.12. The first-order valence-electron chi connectivity index (χ1n) is 3.95. The van der Waals surface area contributed by atoms with Crippen LogP contribution in [0, 0.1) is 0 Å². The topological polar surface area (TPSA) is 49.4 Å². The molecule has 4 nitrogen and oxygen atoms in total. The number of amides is 3. The Kier molecular flexibility index (Phi) is 1.28. The molecule has 0 atom stereocenters. The summed E-state index contributed by atoms with van der Waals surface area (Å²) in [6.45, 7) is 3.80. The molecule has 1 spiro atoms. The van der Waals surface area contributed by atoms with E-state index in [9.17, 15) is 9.59 Å². The van der Waals surface area contributed by atoms with Crippen molar-refractivity contribution in [3.63, 3.8) is 0 Å². The van der Waals surface area contributed by atoms with Gasteiger partial charge in [0.1, 0.15) is 5.54 Å². The molecule has 12 heavy (non-hydrogen) atoms. The zero-order chi connectivity index (χ0) is 8.77. The van der Waals surface area contributed by atoms with Crippen LogP contribution in [-0.4, -0.2) is 28.9 Å². The van der Waals surface area contributed by atoms with Crippen molar-refractivity contribution in [3.8, 4) is 0 Å². The van der Waals surface area contributed by atoms with Crippen LogP contribution in [0.4, 0.5) is 4.79 Å². The van der Waals surface area contributed by atoms with Crippen molar-refractivity contribution in [1.82, 2.24) is 10.2 Å². The van der Waals surface area contributed by atoms with Gasteiger partial charge in [-0.2, -0.15) is 0 Å². The van der Waals surface area contributed by atoms with Crippen LogP contribution < -0.4 is 5.32 Å². The minimum absolute atomic E-state index is 0.0904. The molecule has 3 amide bonds. The number of hydrogen-bond acceptors (Lipinski definition) is 2. The van der Waals surface area contributed by atoms with Gasteiger partial charge in [-0.15, -0.1) is 6.58 Å². The minimum Gasteiger partial charge on any atom is -0.323 e. The maximum atomic E-state index is 11.5. The van der Waals surface area contributed by atoms with Gasteiger partial charge in [0, 0.05) is 6.54 Å². The molecule has 1 aliphatic carbocycles. The van der Waals surface area contributed by atoms with E-state index >= 15 is 0 Å².